The number of aromatic nitrogens is 4. The zero-order valence-corrected chi connectivity index (χ0v) is 35.6. The molecule has 0 N–H and O–H groups in total. The van der Waals surface area contributed by atoms with Gasteiger partial charge in [-0.3, -0.25) is 0 Å². The highest BCUT2D eigenvalue weighted by molar-refractivity contribution is 7.25. The minimum absolute atomic E-state index is 0.599. The van der Waals surface area contributed by atoms with E-state index in [-0.39, 0.29) is 0 Å². The summed E-state index contributed by atoms with van der Waals surface area (Å²) in [7, 11) is 0. The number of furan rings is 1. The molecule has 0 bridgehead atoms. The lowest BCUT2D eigenvalue weighted by molar-refractivity contribution is 0.669. The Morgan fingerprint density at radius 2 is 0.985 bits per heavy atom. The van der Waals surface area contributed by atoms with Crippen molar-refractivity contribution in [2.24, 2.45) is 0 Å². The SMILES string of the molecule is c1ccc(-c2nc(-c3ccc(-n4c5ccccc5c5cc6ccccc6cc54)c(-c4cccc5oc6cc7ccccc7cc6c45)c3)nc(-c3cccc4sc5ccccc5c34)n2)cc1. The number of nitrogens with zero attached hydrogens (tertiary/aromatic N) is 4. The van der Waals surface area contributed by atoms with E-state index in [2.05, 4.69) is 193 Å². The Morgan fingerprint density at radius 3 is 1.82 bits per heavy atom. The van der Waals surface area contributed by atoms with Crippen molar-refractivity contribution in [2.75, 3.05) is 0 Å². The van der Waals surface area contributed by atoms with Crippen LogP contribution in [0, 0.1) is 0 Å². The first-order valence-corrected chi connectivity index (χ1v) is 22.7. The lowest BCUT2D eigenvalue weighted by Crippen LogP contribution is -2.02. The zero-order chi connectivity index (χ0) is 42.6. The molecule has 5 nitrogen and oxygen atoms in total. The number of benzene rings is 10. The maximum Gasteiger partial charge on any atom is 0.164 e. The van der Waals surface area contributed by atoms with Gasteiger partial charge in [0, 0.05) is 64.0 Å². The molecule has 0 aliphatic heterocycles. The molecular weight excluding hydrogens is 813 g/mol. The van der Waals surface area contributed by atoms with Crippen molar-refractivity contribution in [1.82, 2.24) is 19.5 Å². The minimum atomic E-state index is 0.599. The number of para-hydroxylation sites is 1. The summed E-state index contributed by atoms with van der Waals surface area (Å²) in [6.45, 7) is 0. The van der Waals surface area contributed by atoms with Crippen molar-refractivity contribution >= 4 is 96.8 Å². The lowest BCUT2D eigenvalue weighted by Gasteiger charge is -2.17. The Hall–Kier alpha value is -8.45. The maximum absolute atomic E-state index is 6.71. The fourth-order valence-corrected chi connectivity index (χ4v) is 11.2. The van der Waals surface area contributed by atoms with Gasteiger partial charge in [-0.1, -0.05) is 140 Å². The molecule has 0 aliphatic carbocycles. The summed E-state index contributed by atoms with van der Waals surface area (Å²) in [5.74, 6) is 1.86. The normalized spacial score (nSPS) is 12.0. The van der Waals surface area contributed by atoms with Gasteiger partial charge in [0.2, 0.25) is 0 Å². The second kappa shape index (κ2) is 14.0. The van der Waals surface area contributed by atoms with Crippen molar-refractivity contribution in [1.29, 1.82) is 0 Å². The quantitative estimate of drug-likeness (QED) is 0.173. The molecule has 0 saturated heterocycles. The van der Waals surface area contributed by atoms with Crippen LogP contribution in [0.25, 0.3) is 136 Å². The molecular formula is C59H34N4OS. The number of hydrogen-bond acceptors (Lipinski definition) is 5. The van der Waals surface area contributed by atoms with Crippen molar-refractivity contribution < 1.29 is 4.42 Å². The third-order valence-electron chi connectivity index (χ3n) is 13.0. The predicted octanol–water partition coefficient (Wildman–Crippen LogP) is 16.2. The Morgan fingerprint density at radius 1 is 0.354 bits per heavy atom. The number of rotatable bonds is 5. The number of hydrogen-bond donors (Lipinski definition) is 0. The molecule has 0 fully saturated rings. The number of thiophene rings is 1. The summed E-state index contributed by atoms with van der Waals surface area (Å²) in [4.78, 5) is 15.9. The summed E-state index contributed by atoms with van der Waals surface area (Å²) in [6.07, 6.45) is 0. The van der Waals surface area contributed by atoms with E-state index in [0.717, 1.165) is 77.2 Å². The average molecular weight is 847 g/mol. The average Bonchev–Trinajstić information content (AvgIpc) is 4.04. The van der Waals surface area contributed by atoms with E-state index in [1.165, 1.54) is 41.7 Å². The van der Waals surface area contributed by atoms with Gasteiger partial charge < -0.3 is 8.98 Å². The van der Waals surface area contributed by atoms with Crippen LogP contribution in [-0.2, 0) is 0 Å². The fraction of sp³-hybridized carbons (Fsp3) is 0. The van der Waals surface area contributed by atoms with Crippen LogP contribution in [0.1, 0.15) is 0 Å². The molecule has 14 rings (SSSR count). The molecule has 0 saturated carbocycles. The fourth-order valence-electron chi connectivity index (χ4n) is 10.0. The highest BCUT2D eigenvalue weighted by atomic mass is 32.1. The van der Waals surface area contributed by atoms with Crippen LogP contribution >= 0.6 is 11.3 Å². The Balaban J connectivity index is 1.08. The molecule has 0 amide bonds. The Kier molecular flexibility index (Phi) is 7.79. The van der Waals surface area contributed by atoms with Crippen LogP contribution in [-0.4, -0.2) is 19.5 Å². The van der Waals surface area contributed by atoms with E-state index < -0.39 is 0 Å². The summed E-state index contributed by atoms with van der Waals surface area (Å²) >= 11 is 1.79. The first-order valence-electron chi connectivity index (χ1n) is 21.8. The van der Waals surface area contributed by atoms with Gasteiger partial charge in [0.15, 0.2) is 17.5 Å². The first-order chi connectivity index (χ1) is 32.2. The van der Waals surface area contributed by atoms with Crippen LogP contribution in [0.15, 0.2) is 211 Å². The van der Waals surface area contributed by atoms with Gasteiger partial charge in [-0.25, -0.2) is 15.0 Å². The molecule has 0 unspecified atom stereocenters. The molecule has 65 heavy (non-hydrogen) atoms. The predicted molar refractivity (Wildman–Crippen MR) is 271 cm³/mol. The van der Waals surface area contributed by atoms with Crippen LogP contribution < -0.4 is 0 Å². The van der Waals surface area contributed by atoms with Gasteiger partial charge in [-0.2, -0.15) is 0 Å². The zero-order valence-electron chi connectivity index (χ0n) is 34.7. The number of fused-ring (bicyclic) bond motifs is 11. The monoisotopic (exact) mass is 846 g/mol. The van der Waals surface area contributed by atoms with Gasteiger partial charge in [-0.15, -0.1) is 11.3 Å². The standard InChI is InChI=1S/C59H34N4OS/c1-2-14-35(15-3-1)57-60-58(62-59(61-57)44-23-13-27-54-56(44)43-21-9-11-26-53(43)65-54)40-28-29-49(63-48-24-10-8-20-41(48)45-30-36-16-4-6-18-38(36)33-50(45)63)46(32-40)42-22-12-25-51-55(42)47-31-37-17-5-7-19-39(37)34-52(47)64-51/h1-34H. The molecule has 302 valence electrons. The molecule has 10 aromatic carbocycles. The molecule has 14 aromatic rings. The second-order valence-electron chi connectivity index (χ2n) is 16.7. The molecule has 4 heterocycles. The van der Waals surface area contributed by atoms with Crippen molar-refractivity contribution in [3.8, 4) is 51.0 Å². The first kappa shape index (κ1) is 36.1. The minimum Gasteiger partial charge on any atom is -0.456 e. The topological polar surface area (TPSA) is 56.7 Å². The van der Waals surface area contributed by atoms with Crippen LogP contribution in [0.3, 0.4) is 0 Å². The van der Waals surface area contributed by atoms with E-state index in [9.17, 15) is 0 Å². The van der Waals surface area contributed by atoms with Gasteiger partial charge >= 0.3 is 0 Å². The van der Waals surface area contributed by atoms with Crippen molar-refractivity contribution in [3.05, 3.63) is 206 Å². The van der Waals surface area contributed by atoms with E-state index >= 15 is 0 Å². The smallest absolute Gasteiger partial charge is 0.164 e. The molecule has 4 aromatic heterocycles. The van der Waals surface area contributed by atoms with Crippen molar-refractivity contribution in [2.45, 2.75) is 0 Å². The lowest BCUT2D eigenvalue weighted by atomic mass is 9.95. The maximum atomic E-state index is 6.71. The van der Waals surface area contributed by atoms with Gasteiger partial charge in [0.05, 0.1) is 16.7 Å². The molecule has 0 atom stereocenters. The molecule has 6 heteroatoms. The Bertz CT molecular complexity index is 4260. The van der Waals surface area contributed by atoms with E-state index in [0.29, 0.717) is 17.5 Å². The third-order valence-corrected chi connectivity index (χ3v) is 14.1. The highest BCUT2D eigenvalue weighted by Crippen LogP contribution is 2.45. The second-order valence-corrected chi connectivity index (χ2v) is 17.8. The largest absolute Gasteiger partial charge is 0.456 e. The summed E-state index contributed by atoms with van der Waals surface area (Å²) in [5, 5.41) is 11.6. The molecule has 0 radical (unpaired) electrons. The summed E-state index contributed by atoms with van der Waals surface area (Å²) in [5.41, 5.74) is 9.90. The molecule has 0 aliphatic rings. The molecule has 0 spiro atoms. The van der Waals surface area contributed by atoms with E-state index in [4.69, 9.17) is 19.4 Å². The van der Waals surface area contributed by atoms with Crippen LogP contribution in [0.2, 0.25) is 0 Å². The van der Waals surface area contributed by atoms with E-state index in [1.54, 1.807) is 11.3 Å². The van der Waals surface area contributed by atoms with Crippen molar-refractivity contribution in [3.63, 3.8) is 0 Å². The van der Waals surface area contributed by atoms with Crippen LogP contribution in [0.4, 0.5) is 0 Å². The Labute approximate surface area is 376 Å². The summed E-state index contributed by atoms with van der Waals surface area (Å²) in [6, 6.07) is 73.4. The summed E-state index contributed by atoms with van der Waals surface area (Å²) < 4.78 is 11.6. The van der Waals surface area contributed by atoms with Gasteiger partial charge in [-0.05, 0) is 93.8 Å². The van der Waals surface area contributed by atoms with Gasteiger partial charge in [0.1, 0.15) is 11.2 Å². The van der Waals surface area contributed by atoms with E-state index in [1.807, 2.05) is 18.2 Å². The third kappa shape index (κ3) is 5.61. The van der Waals surface area contributed by atoms with Gasteiger partial charge in [0.25, 0.3) is 0 Å². The van der Waals surface area contributed by atoms with Crippen LogP contribution in [0.5, 0.6) is 0 Å². The highest BCUT2D eigenvalue weighted by Gasteiger charge is 2.23.